The predicted molar refractivity (Wildman–Crippen MR) is 86.4 cm³/mol. The van der Waals surface area contributed by atoms with Crippen LogP contribution >= 0.6 is 0 Å². The Bertz CT molecular complexity index is 612. The van der Waals surface area contributed by atoms with Gasteiger partial charge in [-0.15, -0.1) is 0 Å². The fraction of sp³-hybridized carbons (Fsp3) is 0.500. The van der Waals surface area contributed by atoms with Gasteiger partial charge in [-0.1, -0.05) is 0 Å². The van der Waals surface area contributed by atoms with Crippen LogP contribution in [0.3, 0.4) is 0 Å². The number of hydrogen-bond donors (Lipinski definition) is 2. The predicted octanol–water partition coefficient (Wildman–Crippen LogP) is 0.762. The smallest absolute Gasteiger partial charge is 0.241 e. The topological polar surface area (TPSA) is 92.5 Å². The molecule has 0 saturated carbocycles. The van der Waals surface area contributed by atoms with E-state index in [0.29, 0.717) is 5.69 Å². The van der Waals surface area contributed by atoms with Crippen molar-refractivity contribution in [3.63, 3.8) is 0 Å². The van der Waals surface area contributed by atoms with Crippen molar-refractivity contribution in [2.45, 2.75) is 19.4 Å². The zero-order valence-electron chi connectivity index (χ0n) is 12.9. The number of hydrogen-bond acceptors (Lipinski definition) is 5. The minimum Gasteiger partial charge on any atom is -0.378 e. The summed E-state index contributed by atoms with van der Waals surface area (Å²) in [7, 11) is 0.763. The molecule has 1 aromatic carbocycles. The van der Waals surface area contributed by atoms with Crippen molar-refractivity contribution in [3.05, 3.63) is 23.8 Å². The van der Waals surface area contributed by atoms with Gasteiger partial charge in [-0.05, 0) is 37.1 Å². The number of rotatable bonds is 6. The average Bonchev–Trinajstić information content (AvgIpc) is 2.37. The van der Waals surface area contributed by atoms with E-state index in [2.05, 4.69) is 5.32 Å². The molecule has 1 unspecified atom stereocenters. The molecule has 118 valence electrons. The zero-order chi connectivity index (χ0) is 16.2. The molecule has 0 aliphatic rings. The Morgan fingerprint density at radius 2 is 2.00 bits per heavy atom. The highest BCUT2D eigenvalue weighted by Gasteiger charge is 2.16. The third kappa shape index (κ3) is 5.73. The van der Waals surface area contributed by atoms with E-state index in [4.69, 9.17) is 5.73 Å². The standard InChI is InChI=1S/C14H23N3O3S/c1-10-9-11(17(2)3)5-6-13(10)16-14(18)12(15)7-8-21(4,19)20/h5-6,9,12H,7-8,15H2,1-4H3,(H,16,18). The number of nitrogens with one attached hydrogen (secondary N) is 1. The number of nitrogens with two attached hydrogens (primary N) is 1. The zero-order valence-corrected chi connectivity index (χ0v) is 13.7. The van der Waals surface area contributed by atoms with E-state index in [0.717, 1.165) is 17.5 Å². The highest BCUT2D eigenvalue weighted by Crippen LogP contribution is 2.21. The molecular weight excluding hydrogens is 290 g/mol. The molecule has 0 fully saturated rings. The van der Waals surface area contributed by atoms with Gasteiger partial charge in [-0.25, -0.2) is 8.42 Å². The number of nitrogens with zero attached hydrogens (tertiary/aromatic N) is 1. The molecule has 3 N–H and O–H groups in total. The Morgan fingerprint density at radius 3 is 2.48 bits per heavy atom. The van der Waals surface area contributed by atoms with Gasteiger partial charge in [0, 0.05) is 31.7 Å². The van der Waals surface area contributed by atoms with E-state index >= 15 is 0 Å². The first-order valence-electron chi connectivity index (χ1n) is 6.62. The van der Waals surface area contributed by atoms with Gasteiger partial charge >= 0.3 is 0 Å². The van der Waals surface area contributed by atoms with Crippen LogP contribution in [-0.4, -0.2) is 46.5 Å². The second kappa shape index (κ2) is 6.91. The minimum absolute atomic E-state index is 0.0971. The van der Waals surface area contributed by atoms with Crippen molar-refractivity contribution in [3.8, 4) is 0 Å². The first-order valence-corrected chi connectivity index (χ1v) is 8.68. The molecule has 21 heavy (non-hydrogen) atoms. The maximum atomic E-state index is 12.0. The third-order valence-corrected chi connectivity index (χ3v) is 4.10. The normalized spacial score (nSPS) is 12.8. The fourth-order valence-electron chi connectivity index (χ4n) is 1.76. The first-order chi connectivity index (χ1) is 9.60. The van der Waals surface area contributed by atoms with E-state index in [1.165, 1.54) is 0 Å². The van der Waals surface area contributed by atoms with Crippen molar-refractivity contribution in [1.82, 2.24) is 0 Å². The number of benzene rings is 1. The quantitative estimate of drug-likeness (QED) is 0.809. The van der Waals surface area contributed by atoms with Crippen LogP contribution in [0.1, 0.15) is 12.0 Å². The lowest BCUT2D eigenvalue weighted by molar-refractivity contribution is -0.117. The second-order valence-corrected chi connectivity index (χ2v) is 7.67. The second-order valence-electron chi connectivity index (χ2n) is 5.41. The maximum Gasteiger partial charge on any atom is 0.241 e. The van der Waals surface area contributed by atoms with Crippen molar-refractivity contribution in [2.24, 2.45) is 5.73 Å². The number of sulfone groups is 1. The van der Waals surface area contributed by atoms with Gasteiger partial charge in [0.05, 0.1) is 11.8 Å². The Kier molecular flexibility index (Phi) is 5.74. The van der Waals surface area contributed by atoms with Crippen LogP contribution in [0, 0.1) is 6.92 Å². The first kappa shape index (κ1) is 17.5. The van der Waals surface area contributed by atoms with Crippen LogP contribution in [0.15, 0.2) is 18.2 Å². The van der Waals surface area contributed by atoms with Crippen LogP contribution in [0.25, 0.3) is 0 Å². The molecule has 1 aromatic rings. The van der Waals surface area contributed by atoms with Gasteiger partial charge in [-0.2, -0.15) is 0 Å². The minimum atomic E-state index is -3.11. The Morgan fingerprint density at radius 1 is 1.38 bits per heavy atom. The summed E-state index contributed by atoms with van der Waals surface area (Å²) in [5.74, 6) is -0.473. The van der Waals surface area contributed by atoms with Crippen LogP contribution in [-0.2, 0) is 14.6 Å². The molecule has 0 spiro atoms. The molecule has 0 aliphatic carbocycles. The largest absolute Gasteiger partial charge is 0.378 e. The van der Waals surface area contributed by atoms with Gasteiger partial charge < -0.3 is 16.0 Å². The molecule has 7 heteroatoms. The molecule has 0 heterocycles. The van der Waals surface area contributed by atoms with Gasteiger partial charge in [0.25, 0.3) is 0 Å². The molecule has 0 bridgehead atoms. The van der Waals surface area contributed by atoms with Crippen molar-refractivity contribution < 1.29 is 13.2 Å². The summed E-state index contributed by atoms with van der Waals surface area (Å²) in [6.45, 7) is 1.89. The lowest BCUT2D eigenvalue weighted by Gasteiger charge is -2.17. The lowest BCUT2D eigenvalue weighted by Crippen LogP contribution is -2.37. The summed E-state index contributed by atoms with van der Waals surface area (Å²) >= 11 is 0. The monoisotopic (exact) mass is 313 g/mol. The van der Waals surface area contributed by atoms with Crippen molar-refractivity contribution in [1.29, 1.82) is 0 Å². The molecule has 6 nitrogen and oxygen atoms in total. The third-order valence-electron chi connectivity index (χ3n) is 3.12. The molecule has 1 atom stereocenters. The van der Waals surface area contributed by atoms with Crippen LogP contribution < -0.4 is 16.0 Å². The number of anilines is 2. The van der Waals surface area contributed by atoms with Gasteiger partial charge in [0.15, 0.2) is 0 Å². The maximum absolute atomic E-state index is 12.0. The SMILES string of the molecule is Cc1cc(N(C)C)ccc1NC(=O)C(N)CCS(C)(=O)=O. The van der Waals surface area contributed by atoms with E-state index in [-0.39, 0.29) is 18.1 Å². The Hall–Kier alpha value is -1.60. The highest BCUT2D eigenvalue weighted by atomic mass is 32.2. The molecular formula is C14H23N3O3S. The summed E-state index contributed by atoms with van der Waals surface area (Å²) < 4.78 is 22.2. The van der Waals surface area contributed by atoms with E-state index in [9.17, 15) is 13.2 Å². The number of carbonyl (C=O) groups is 1. The summed E-state index contributed by atoms with van der Waals surface area (Å²) in [6.07, 6.45) is 1.24. The van der Waals surface area contributed by atoms with Gasteiger partial charge in [-0.3, -0.25) is 4.79 Å². The number of carbonyl (C=O) groups excluding carboxylic acids is 1. The summed E-state index contributed by atoms with van der Waals surface area (Å²) in [4.78, 5) is 13.9. The molecule has 1 amide bonds. The fourth-order valence-corrected chi connectivity index (χ4v) is 2.45. The molecule has 0 aromatic heterocycles. The molecule has 1 rings (SSSR count). The van der Waals surface area contributed by atoms with E-state index < -0.39 is 15.9 Å². The van der Waals surface area contributed by atoms with Crippen LogP contribution in [0.4, 0.5) is 11.4 Å². The molecule has 0 aliphatic heterocycles. The van der Waals surface area contributed by atoms with Crippen molar-refractivity contribution >= 4 is 27.1 Å². The Labute approximate surface area is 126 Å². The number of amides is 1. The van der Waals surface area contributed by atoms with E-state index in [1.54, 1.807) is 0 Å². The van der Waals surface area contributed by atoms with Crippen LogP contribution in [0.5, 0.6) is 0 Å². The van der Waals surface area contributed by atoms with Crippen molar-refractivity contribution in [2.75, 3.05) is 36.3 Å². The Balaban J connectivity index is 2.70. The summed E-state index contributed by atoms with van der Waals surface area (Å²) in [6, 6.07) is 4.82. The van der Waals surface area contributed by atoms with Crippen LogP contribution in [0.2, 0.25) is 0 Å². The average molecular weight is 313 g/mol. The van der Waals surface area contributed by atoms with Gasteiger partial charge in [0.2, 0.25) is 5.91 Å². The molecule has 0 radical (unpaired) electrons. The van der Waals surface area contributed by atoms with Gasteiger partial charge in [0.1, 0.15) is 9.84 Å². The van der Waals surface area contributed by atoms with E-state index in [1.807, 2.05) is 44.1 Å². The summed E-state index contributed by atoms with van der Waals surface area (Å²) in [5, 5.41) is 2.74. The highest BCUT2D eigenvalue weighted by molar-refractivity contribution is 7.90. The number of aryl methyl sites for hydroxylation is 1. The summed E-state index contributed by atoms with van der Waals surface area (Å²) in [5.41, 5.74) is 8.35. The molecule has 0 saturated heterocycles. The lowest BCUT2D eigenvalue weighted by atomic mass is 10.1.